The van der Waals surface area contributed by atoms with E-state index in [1.54, 1.807) is 13.2 Å². The van der Waals surface area contributed by atoms with E-state index in [1.807, 2.05) is 26.0 Å². The predicted octanol–water partition coefficient (Wildman–Crippen LogP) is 4.73. The number of hydrogen-bond acceptors (Lipinski definition) is 3. The van der Waals surface area contributed by atoms with Gasteiger partial charge in [-0.2, -0.15) is 0 Å². The SMILES string of the molecule is COc1ccc(C(=O)N[C@H](C)c2ccc(N3CCC(C)CC3)cc2)cc1C. The molecule has 1 saturated heterocycles. The molecule has 1 aliphatic heterocycles. The van der Waals surface area contributed by atoms with Gasteiger partial charge in [0.1, 0.15) is 5.75 Å². The molecule has 3 rings (SSSR count). The van der Waals surface area contributed by atoms with E-state index in [-0.39, 0.29) is 11.9 Å². The maximum Gasteiger partial charge on any atom is 0.251 e. The van der Waals surface area contributed by atoms with E-state index in [2.05, 4.69) is 41.4 Å². The molecule has 1 fully saturated rings. The molecular formula is C23H30N2O2. The number of piperidine rings is 1. The van der Waals surface area contributed by atoms with E-state index in [9.17, 15) is 4.79 Å². The van der Waals surface area contributed by atoms with Crippen molar-refractivity contribution < 1.29 is 9.53 Å². The van der Waals surface area contributed by atoms with Crippen LogP contribution in [0.15, 0.2) is 42.5 Å². The topological polar surface area (TPSA) is 41.6 Å². The number of nitrogens with zero attached hydrogens (tertiary/aromatic N) is 1. The third kappa shape index (κ3) is 4.62. The maximum atomic E-state index is 12.6. The molecule has 0 radical (unpaired) electrons. The van der Waals surface area contributed by atoms with Crippen molar-refractivity contribution in [1.82, 2.24) is 5.32 Å². The van der Waals surface area contributed by atoms with E-state index in [4.69, 9.17) is 4.74 Å². The van der Waals surface area contributed by atoms with E-state index in [0.717, 1.165) is 35.9 Å². The number of methoxy groups -OCH3 is 1. The first kappa shape index (κ1) is 19.3. The van der Waals surface area contributed by atoms with Crippen LogP contribution in [0.5, 0.6) is 5.75 Å². The van der Waals surface area contributed by atoms with Gasteiger partial charge in [-0.1, -0.05) is 19.1 Å². The van der Waals surface area contributed by atoms with Crippen molar-refractivity contribution in [3.63, 3.8) is 0 Å². The minimum atomic E-state index is -0.0673. The number of nitrogens with one attached hydrogen (secondary N) is 1. The fourth-order valence-electron chi connectivity index (χ4n) is 3.62. The van der Waals surface area contributed by atoms with Gasteiger partial charge in [-0.3, -0.25) is 4.79 Å². The molecule has 0 unspecified atom stereocenters. The molecule has 1 atom stereocenters. The Hall–Kier alpha value is -2.49. The predicted molar refractivity (Wildman–Crippen MR) is 111 cm³/mol. The zero-order valence-electron chi connectivity index (χ0n) is 16.8. The van der Waals surface area contributed by atoms with Gasteiger partial charge < -0.3 is 15.0 Å². The van der Waals surface area contributed by atoms with Crippen molar-refractivity contribution in [2.24, 2.45) is 5.92 Å². The van der Waals surface area contributed by atoms with Crippen LogP contribution in [0.3, 0.4) is 0 Å². The molecule has 27 heavy (non-hydrogen) atoms. The van der Waals surface area contributed by atoms with E-state index < -0.39 is 0 Å². The van der Waals surface area contributed by atoms with Crippen molar-refractivity contribution in [3.8, 4) is 5.75 Å². The number of amides is 1. The second-order valence-electron chi connectivity index (χ2n) is 7.64. The maximum absolute atomic E-state index is 12.6. The monoisotopic (exact) mass is 366 g/mol. The first-order valence-electron chi connectivity index (χ1n) is 9.78. The van der Waals surface area contributed by atoms with Crippen LogP contribution in [0.25, 0.3) is 0 Å². The van der Waals surface area contributed by atoms with Crippen LogP contribution >= 0.6 is 0 Å². The third-order valence-corrected chi connectivity index (χ3v) is 5.55. The minimum Gasteiger partial charge on any atom is -0.496 e. The molecule has 1 heterocycles. The first-order chi connectivity index (χ1) is 13.0. The van der Waals surface area contributed by atoms with Gasteiger partial charge in [-0.05, 0) is 74.1 Å². The molecule has 144 valence electrons. The fourth-order valence-corrected chi connectivity index (χ4v) is 3.62. The van der Waals surface area contributed by atoms with Crippen LogP contribution in [0.1, 0.15) is 54.2 Å². The van der Waals surface area contributed by atoms with E-state index in [1.165, 1.54) is 18.5 Å². The molecule has 1 amide bonds. The Morgan fingerprint density at radius 2 is 1.81 bits per heavy atom. The van der Waals surface area contributed by atoms with Crippen LogP contribution in [0.4, 0.5) is 5.69 Å². The fraction of sp³-hybridized carbons (Fsp3) is 0.435. The molecule has 2 aromatic carbocycles. The Labute approximate surface area is 162 Å². The number of carbonyl (C=O) groups is 1. The Kier molecular flexibility index (Phi) is 6.04. The molecule has 0 aromatic heterocycles. The zero-order chi connectivity index (χ0) is 19.4. The van der Waals surface area contributed by atoms with Crippen molar-refractivity contribution >= 4 is 11.6 Å². The summed E-state index contributed by atoms with van der Waals surface area (Å²) in [7, 11) is 1.64. The highest BCUT2D eigenvalue weighted by Crippen LogP contribution is 2.25. The lowest BCUT2D eigenvalue weighted by molar-refractivity contribution is 0.0940. The quantitative estimate of drug-likeness (QED) is 0.832. The molecule has 1 aliphatic rings. The summed E-state index contributed by atoms with van der Waals surface area (Å²) in [6, 6.07) is 14.0. The van der Waals surface area contributed by atoms with Crippen molar-refractivity contribution in [2.45, 2.75) is 39.7 Å². The summed E-state index contributed by atoms with van der Waals surface area (Å²) in [5.41, 5.74) is 4.00. The smallest absolute Gasteiger partial charge is 0.251 e. The van der Waals surface area contributed by atoms with Gasteiger partial charge in [0.2, 0.25) is 0 Å². The average Bonchev–Trinajstić information content (AvgIpc) is 2.68. The normalized spacial score (nSPS) is 16.1. The summed E-state index contributed by atoms with van der Waals surface area (Å²) in [5, 5.41) is 3.09. The number of ether oxygens (including phenoxy) is 1. The molecule has 0 bridgehead atoms. The molecule has 2 aromatic rings. The second kappa shape index (κ2) is 8.47. The van der Waals surface area contributed by atoms with Gasteiger partial charge >= 0.3 is 0 Å². The highest BCUT2D eigenvalue weighted by molar-refractivity contribution is 5.94. The summed E-state index contributed by atoms with van der Waals surface area (Å²) in [5.74, 6) is 1.56. The Morgan fingerprint density at radius 3 is 2.41 bits per heavy atom. The summed E-state index contributed by atoms with van der Waals surface area (Å²) in [6.07, 6.45) is 2.52. The highest BCUT2D eigenvalue weighted by Gasteiger charge is 2.17. The average molecular weight is 367 g/mol. The first-order valence-corrected chi connectivity index (χ1v) is 9.78. The number of aryl methyl sites for hydroxylation is 1. The van der Waals surface area contributed by atoms with Crippen molar-refractivity contribution in [3.05, 3.63) is 59.2 Å². The lowest BCUT2D eigenvalue weighted by Gasteiger charge is -2.32. The summed E-state index contributed by atoms with van der Waals surface area (Å²) in [6.45, 7) is 8.55. The Bertz CT molecular complexity index is 777. The molecular weight excluding hydrogens is 336 g/mol. The van der Waals surface area contributed by atoms with Gasteiger partial charge in [0.15, 0.2) is 0 Å². The van der Waals surface area contributed by atoms with Gasteiger partial charge in [-0.15, -0.1) is 0 Å². The van der Waals surface area contributed by atoms with E-state index >= 15 is 0 Å². The Morgan fingerprint density at radius 1 is 1.15 bits per heavy atom. The number of hydrogen-bond donors (Lipinski definition) is 1. The number of benzene rings is 2. The minimum absolute atomic E-state index is 0.0460. The van der Waals surface area contributed by atoms with Crippen molar-refractivity contribution in [2.75, 3.05) is 25.1 Å². The second-order valence-corrected chi connectivity index (χ2v) is 7.64. The Balaban J connectivity index is 1.63. The van der Waals surface area contributed by atoms with Gasteiger partial charge in [-0.25, -0.2) is 0 Å². The van der Waals surface area contributed by atoms with Crippen LogP contribution in [-0.4, -0.2) is 26.1 Å². The van der Waals surface area contributed by atoms with Gasteiger partial charge in [0.25, 0.3) is 5.91 Å². The largest absolute Gasteiger partial charge is 0.496 e. The standard InChI is InChI=1S/C23H30N2O2/c1-16-11-13-25(14-12-16)21-8-5-19(6-9-21)18(3)24-23(26)20-7-10-22(27-4)17(2)15-20/h5-10,15-16,18H,11-14H2,1-4H3,(H,24,26)/t18-/m1/s1. The molecule has 4 nitrogen and oxygen atoms in total. The number of carbonyl (C=O) groups excluding carboxylic acids is 1. The molecule has 0 spiro atoms. The highest BCUT2D eigenvalue weighted by atomic mass is 16.5. The van der Waals surface area contributed by atoms with Crippen LogP contribution in [-0.2, 0) is 0 Å². The molecule has 0 aliphatic carbocycles. The molecule has 4 heteroatoms. The van der Waals surface area contributed by atoms with E-state index in [0.29, 0.717) is 5.56 Å². The zero-order valence-corrected chi connectivity index (χ0v) is 16.8. The summed E-state index contributed by atoms with van der Waals surface area (Å²) >= 11 is 0. The van der Waals surface area contributed by atoms with Crippen LogP contribution in [0, 0.1) is 12.8 Å². The van der Waals surface area contributed by atoms with Crippen LogP contribution in [0.2, 0.25) is 0 Å². The van der Waals surface area contributed by atoms with Gasteiger partial charge in [0, 0.05) is 24.3 Å². The number of rotatable bonds is 5. The number of anilines is 1. The van der Waals surface area contributed by atoms with Crippen molar-refractivity contribution in [1.29, 1.82) is 0 Å². The lowest BCUT2D eigenvalue weighted by atomic mass is 9.98. The molecule has 1 N–H and O–H groups in total. The third-order valence-electron chi connectivity index (χ3n) is 5.55. The summed E-state index contributed by atoms with van der Waals surface area (Å²) < 4.78 is 5.26. The summed E-state index contributed by atoms with van der Waals surface area (Å²) in [4.78, 5) is 15.0. The molecule has 0 saturated carbocycles. The lowest BCUT2D eigenvalue weighted by Crippen LogP contribution is -2.32. The van der Waals surface area contributed by atoms with Gasteiger partial charge in [0.05, 0.1) is 13.2 Å². The van der Waals surface area contributed by atoms with Crippen LogP contribution < -0.4 is 15.0 Å².